The van der Waals surface area contributed by atoms with Gasteiger partial charge < -0.3 is 10.6 Å². The fourth-order valence-electron chi connectivity index (χ4n) is 1.71. The molecule has 6 heteroatoms. The molecule has 1 aromatic carbocycles. The Hall–Kier alpha value is -1.34. The lowest BCUT2D eigenvalue weighted by Crippen LogP contribution is -2.15. The molecule has 4 nitrogen and oxygen atoms in total. The van der Waals surface area contributed by atoms with Crippen LogP contribution in [0.25, 0.3) is 0 Å². The fourth-order valence-corrected chi connectivity index (χ4v) is 2.44. The first kappa shape index (κ1) is 16.0. The lowest BCUT2D eigenvalue weighted by molar-refractivity contribution is 0.102. The Kier molecular flexibility index (Phi) is 5.81. The summed E-state index contributed by atoms with van der Waals surface area (Å²) in [5, 5.41) is 6.28. The highest BCUT2D eigenvalue weighted by Crippen LogP contribution is 2.19. The van der Waals surface area contributed by atoms with Crippen LogP contribution in [0.3, 0.4) is 0 Å². The van der Waals surface area contributed by atoms with Gasteiger partial charge in [0.1, 0.15) is 11.5 Å². The Morgan fingerprint density at radius 3 is 2.86 bits per heavy atom. The van der Waals surface area contributed by atoms with Gasteiger partial charge in [0.05, 0.1) is 5.02 Å². The van der Waals surface area contributed by atoms with Crippen LogP contribution in [0.15, 0.2) is 36.4 Å². The normalized spacial score (nSPS) is 10.2. The highest BCUT2D eigenvalue weighted by atomic mass is 127. The van der Waals surface area contributed by atoms with Crippen LogP contribution in [0.4, 0.5) is 11.5 Å². The molecule has 110 valence electrons. The molecule has 0 aliphatic rings. The molecule has 0 radical (unpaired) electrons. The standard InChI is InChI=1S/C15H15ClIN3O/c1-2-8-18-13-7-6-12(16)14(20-13)15(21)19-11-5-3-4-10(17)9-11/h3-7,9H,2,8H2,1H3,(H,18,20)(H,19,21). The maximum atomic E-state index is 12.3. The second kappa shape index (κ2) is 7.61. The Bertz CT molecular complexity index is 649. The fraction of sp³-hybridized carbons (Fsp3) is 0.200. The van der Waals surface area contributed by atoms with Crippen LogP contribution in [0, 0.1) is 3.57 Å². The van der Waals surface area contributed by atoms with Crippen molar-refractivity contribution < 1.29 is 4.79 Å². The summed E-state index contributed by atoms with van der Waals surface area (Å²) >= 11 is 8.26. The number of aromatic nitrogens is 1. The van der Waals surface area contributed by atoms with Crippen molar-refractivity contribution in [3.63, 3.8) is 0 Å². The summed E-state index contributed by atoms with van der Waals surface area (Å²) < 4.78 is 1.04. The van der Waals surface area contributed by atoms with Gasteiger partial charge in [-0.25, -0.2) is 4.98 Å². The molecule has 2 rings (SSSR count). The average molecular weight is 416 g/mol. The van der Waals surface area contributed by atoms with Crippen molar-refractivity contribution in [2.24, 2.45) is 0 Å². The minimum absolute atomic E-state index is 0.219. The smallest absolute Gasteiger partial charge is 0.275 e. The van der Waals surface area contributed by atoms with E-state index in [1.165, 1.54) is 0 Å². The minimum Gasteiger partial charge on any atom is -0.370 e. The van der Waals surface area contributed by atoms with Crippen LogP contribution < -0.4 is 10.6 Å². The molecule has 21 heavy (non-hydrogen) atoms. The van der Waals surface area contributed by atoms with Crippen LogP contribution >= 0.6 is 34.2 Å². The zero-order valence-corrected chi connectivity index (χ0v) is 14.4. The second-order valence-corrected chi connectivity index (χ2v) is 6.07. The van der Waals surface area contributed by atoms with Crippen molar-refractivity contribution in [1.29, 1.82) is 0 Å². The van der Waals surface area contributed by atoms with Crippen LogP contribution in [-0.4, -0.2) is 17.4 Å². The minimum atomic E-state index is -0.317. The SMILES string of the molecule is CCCNc1ccc(Cl)c(C(=O)Nc2cccc(I)c2)n1. The molecule has 1 aromatic heterocycles. The second-order valence-electron chi connectivity index (χ2n) is 4.42. The molecule has 0 saturated heterocycles. The number of nitrogens with one attached hydrogen (secondary N) is 2. The molecule has 0 fully saturated rings. The van der Waals surface area contributed by atoms with Gasteiger partial charge in [-0.3, -0.25) is 4.79 Å². The van der Waals surface area contributed by atoms with Crippen LogP contribution in [-0.2, 0) is 0 Å². The summed E-state index contributed by atoms with van der Waals surface area (Å²) in [7, 11) is 0. The van der Waals surface area contributed by atoms with Crippen molar-refractivity contribution in [3.8, 4) is 0 Å². The number of carbonyl (C=O) groups is 1. The molecule has 0 spiro atoms. The largest absolute Gasteiger partial charge is 0.370 e. The molecule has 1 amide bonds. The van der Waals surface area contributed by atoms with Crippen molar-refractivity contribution in [2.45, 2.75) is 13.3 Å². The molecule has 0 aliphatic heterocycles. The van der Waals surface area contributed by atoms with Gasteiger partial charge in [0.15, 0.2) is 0 Å². The summed E-state index contributed by atoms with van der Waals surface area (Å²) in [6, 6.07) is 11.0. The van der Waals surface area contributed by atoms with E-state index in [4.69, 9.17) is 11.6 Å². The Morgan fingerprint density at radius 2 is 2.14 bits per heavy atom. The first-order valence-electron chi connectivity index (χ1n) is 6.57. The third kappa shape index (κ3) is 4.57. The summed E-state index contributed by atoms with van der Waals surface area (Å²) in [5.41, 5.74) is 0.938. The average Bonchev–Trinajstić information content (AvgIpc) is 2.46. The van der Waals surface area contributed by atoms with E-state index in [-0.39, 0.29) is 11.6 Å². The van der Waals surface area contributed by atoms with Crippen LogP contribution in [0.2, 0.25) is 5.02 Å². The topological polar surface area (TPSA) is 54.0 Å². The lowest BCUT2D eigenvalue weighted by atomic mass is 10.3. The predicted molar refractivity (Wildman–Crippen MR) is 95.1 cm³/mol. The van der Waals surface area contributed by atoms with Gasteiger partial charge in [-0.05, 0) is 59.3 Å². The van der Waals surface area contributed by atoms with Gasteiger partial charge in [-0.15, -0.1) is 0 Å². The zero-order chi connectivity index (χ0) is 15.2. The number of halogens is 2. The third-order valence-electron chi connectivity index (χ3n) is 2.70. The molecule has 0 unspecified atom stereocenters. The van der Waals surface area contributed by atoms with Crippen LogP contribution in [0.5, 0.6) is 0 Å². The molecule has 2 N–H and O–H groups in total. The number of nitrogens with zero attached hydrogens (tertiary/aromatic N) is 1. The summed E-state index contributed by atoms with van der Waals surface area (Å²) in [6.07, 6.45) is 0.980. The number of amides is 1. The van der Waals surface area contributed by atoms with Gasteiger partial charge in [-0.2, -0.15) is 0 Å². The lowest BCUT2D eigenvalue weighted by Gasteiger charge is -2.09. The first-order chi connectivity index (χ1) is 10.1. The van der Waals surface area contributed by atoms with Gasteiger partial charge in [0, 0.05) is 15.8 Å². The number of hydrogen-bond donors (Lipinski definition) is 2. The molecule has 2 aromatic rings. The van der Waals surface area contributed by atoms with Gasteiger partial charge in [0.25, 0.3) is 5.91 Å². The number of rotatable bonds is 5. The molecule has 0 aliphatic carbocycles. The molecular formula is C15H15ClIN3O. The van der Waals surface area contributed by atoms with Gasteiger partial charge >= 0.3 is 0 Å². The van der Waals surface area contributed by atoms with Gasteiger partial charge in [0.2, 0.25) is 0 Å². The van der Waals surface area contributed by atoms with E-state index in [1.54, 1.807) is 12.1 Å². The molecule has 0 bridgehead atoms. The summed E-state index contributed by atoms with van der Waals surface area (Å²) in [4.78, 5) is 16.6. The maximum absolute atomic E-state index is 12.3. The predicted octanol–water partition coefficient (Wildman–Crippen LogP) is 4.41. The van der Waals surface area contributed by atoms with E-state index >= 15 is 0 Å². The van der Waals surface area contributed by atoms with E-state index in [9.17, 15) is 4.79 Å². The highest BCUT2D eigenvalue weighted by molar-refractivity contribution is 14.1. The van der Waals surface area contributed by atoms with E-state index in [2.05, 4.69) is 45.1 Å². The highest BCUT2D eigenvalue weighted by Gasteiger charge is 2.13. The molecular weight excluding hydrogens is 401 g/mol. The van der Waals surface area contributed by atoms with Gasteiger partial charge in [-0.1, -0.05) is 24.6 Å². The number of hydrogen-bond acceptors (Lipinski definition) is 3. The Balaban J connectivity index is 2.18. The maximum Gasteiger partial charge on any atom is 0.275 e. The number of anilines is 2. The van der Waals surface area contributed by atoms with E-state index < -0.39 is 0 Å². The summed E-state index contributed by atoms with van der Waals surface area (Å²) in [6.45, 7) is 2.86. The number of benzene rings is 1. The Morgan fingerprint density at radius 1 is 1.33 bits per heavy atom. The molecule has 0 saturated carbocycles. The third-order valence-corrected chi connectivity index (χ3v) is 3.68. The molecule has 0 atom stereocenters. The summed E-state index contributed by atoms with van der Waals surface area (Å²) in [5.74, 6) is 0.330. The number of pyridine rings is 1. The van der Waals surface area contributed by atoms with Crippen molar-refractivity contribution in [2.75, 3.05) is 17.2 Å². The van der Waals surface area contributed by atoms with E-state index in [0.717, 1.165) is 22.2 Å². The monoisotopic (exact) mass is 415 g/mol. The quantitative estimate of drug-likeness (QED) is 0.711. The van der Waals surface area contributed by atoms with Crippen molar-refractivity contribution in [3.05, 3.63) is 50.7 Å². The zero-order valence-electron chi connectivity index (χ0n) is 11.5. The van der Waals surface area contributed by atoms with Crippen molar-refractivity contribution >= 4 is 51.6 Å². The van der Waals surface area contributed by atoms with Crippen LogP contribution in [0.1, 0.15) is 23.8 Å². The van der Waals surface area contributed by atoms with E-state index in [0.29, 0.717) is 10.8 Å². The number of carbonyl (C=O) groups excluding carboxylic acids is 1. The Labute approximate surface area is 142 Å². The van der Waals surface area contributed by atoms with E-state index in [1.807, 2.05) is 24.3 Å². The van der Waals surface area contributed by atoms with Crippen molar-refractivity contribution in [1.82, 2.24) is 4.98 Å². The first-order valence-corrected chi connectivity index (χ1v) is 8.03. The molecule has 1 heterocycles.